The summed E-state index contributed by atoms with van der Waals surface area (Å²) in [5, 5.41) is 9.89. The summed E-state index contributed by atoms with van der Waals surface area (Å²) >= 11 is 3.41. The van der Waals surface area contributed by atoms with Crippen LogP contribution in [0.5, 0.6) is 11.5 Å². The number of aromatic hydroxyl groups is 1. The third kappa shape index (κ3) is 2.73. The molecule has 17 heavy (non-hydrogen) atoms. The Kier molecular flexibility index (Phi) is 4.80. The Labute approximate surface area is 110 Å². The van der Waals surface area contributed by atoms with Crippen LogP contribution >= 0.6 is 15.9 Å². The molecule has 0 atom stereocenters. The third-order valence-electron chi connectivity index (χ3n) is 2.74. The molecule has 1 N–H and O–H groups in total. The Hall–Kier alpha value is -0.780. The van der Waals surface area contributed by atoms with E-state index in [9.17, 15) is 5.11 Å². The van der Waals surface area contributed by atoms with Gasteiger partial charge in [0.25, 0.3) is 0 Å². The van der Waals surface area contributed by atoms with Crippen LogP contribution in [-0.2, 0) is 9.47 Å². The lowest BCUT2D eigenvalue weighted by atomic mass is 10.0. The van der Waals surface area contributed by atoms with Crippen LogP contribution in [0.15, 0.2) is 4.47 Å². The van der Waals surface area contributed by atoms with Gasteiger partial charge in [0.1, 0.15) is 11.5 Å². The lowest BCUT2D eigenvalue weighted by Gasteiger charge is -2.20. The standard InChI is InChI=1S/C12H17BrO4/c1-6-7(2)11(17-12(15-4)16-5)9(13)8(3)10(6)14/h12,14H,1-5H3. The highest BCUT2D eigenvalue weighted by Crippen LogP contribution is 2.40. The summed E-state index contributed by atoms with van der Waals surface area (Å²) in [5.74, 6) is 0.889. The van der Waals surface area contributed by atoms with Gasteiger partial charge in [0.15, 0.2) is 0 Å². The smallest absolute Gasteiger partial charge is 0.315 e. The Morgan fingerprint density at radius 2 is 1.53 bits per heavy atom. The first-order valence-electron chi connectivity index (χ1n) is 5.14. The number of hydrogen-bond acceptors (Lipinski definition) is 4. The number of ether oxygens (including phenoxy) is 3. The van der Waals surface area contributed by atoms with Crippen molar-refractivity contribution in [2.24, 2.45) is 0 Å². The lowest BCUT2D eigenvalue weighted by molar-refractivity contribution is -0.219. The fraction of sp³-hybridized carbons (Fsp3) is 0.500. The van der Waals surface area contributed by atoms with Crippen LogP contribution in [0.4, 0.5) is 0 Å². The average Bonchev–Trinajstić information content (AvgIpc) is 2.34. The van der Waals surface area contributed by atoms with Crippen molar-refractivity contribution in [1.82, 2.24) is 0 Å². The first-order chi connectivity index (χ1) is 7.93. The van der Waals surface area contributed by atoms with E-state index < -0.39 is 6.48 Å². The van der Waals surface area contributed by atoms with Crippen molar-refractivity contribution in [3.05, 3.63) is 21.2 Å². The van der Waals surface area contributed by atoms with Crippen LogP contribution in [0.1, 0.15) is 16.7 Å². The number of methoxy groups -OCH3 is 2. The molecule has 0 saturated heterocycles. The van der Waals surface area contributed by atoms with Crippen molar-refractivity contribution in [2.45, 2.75) is 27.2 Å². The van der Waals surface area contributed by atoms with Crippen molar-refractivity contribution in [1.29, 1.82) is 0 Å². The molecule has 0 spiro atoms. The van der Waals surface area contributed by atoms with Gasteiger partial charge in [-0.3, -0.25) is 0 Å². The van der Waals surface area contributed by atoms with Crippen molar-refractivity contribution in [3.63, 3.8) is 0 Å². The minimum Gasteiger partial charge on any atom is -0.507 e. The fourth-order valence-electron chi connectivity index (χ4n) is 1.50. The maximum absolute atomic E-state index is 9.89. The zero-order valence-electron chi connectivity index (χ0n) is 10.6. The second-order valence-corrected chi connectivity index (χ2v) is 4.54. The number of phenolic OH excluding ortho intramolecular Hbond substituents is 1. The van der Waals surface area contributed by atoms with Crippen LogP contribution < -0.4 is 4.74 Å². The molecule has 0 aliphatic rings. The van der Waals surface area contributed by atoms with Crippen molar-refractivity contribution in [3.8, 4) is 11.5 Å². The number of hydrogen-bond donors (Lipinski definition) is 1. The van der Waals surface area contributed by atoms with Crippen molar-refractivity contribution in [2.75, 3.05) is 14.2 Å². The summed E-state index contributed by atoms with van der Waals surface area (Å²) in [6, 6.07) is 0. The molecule has 0 aliphatic heterocycles. The van der Waals surface area contributed by atoms with E-state index in [0.29, 0.717) is 10.2 Å². The molecule has 0 amide bonds. The summed E-state index contributed by atoms with van der Waals surface area (Å²) < 4.78 is 16.3. The monoisotopic (exact) mass is 304 g/mol. The number of phenols is 1. The highest BCUT2D eigenvalue weighted by molar-refractivity contribution is 9.10. The van der Waals surface area contributed by atoms with Crippen LogP contribution in [0.2, 0.25) is 0 Å². The molecule has 4 nitrogen and oxygen atoms in total. The Bertz CT molecular complexity index is 384. The molecule has 0 bridgehead atoms. The largest absolute Gasteiger partial charge is 0.507 e. The summed E-state index contributed by atoms with van der Waals surface area (Å²) in [6.45, 7) is 4.75. The van der Waals surface area contributed by atoms with Gasteiger partial charge in [-0.25, -0.2) is 0 Å². The third-order valence-corrected chi connectivity index (χ3v) is 3.70. The SMILES string of the molecule is COC(OC)Oc1c(C)c(C)c(O)c(C)c1Br. The van der Waals surface area contributed by atoms with Gasteiger partial charge in [-0.2, -0.15) is 0 Å². The van der Waals surface area contributed by atoms with Crippen LogP contribution in [0.3, 0.4) is 0 Å². The minimum absolute atomic E-state index is 0.271. The van der Waals surface area contributed by atoms with E-state index in [1.54, 1.807) is 0 Å². The highest BCUT2D eigenvalue weighted by Gasteiger charge is 2.19. The zero-order valence-corrected chi connectivity index (χ0v) is 12.2. The first-order valence-corrected chi connectivity index (χ1v) is 5.93. The zero-order chi connectivity index (χ0) is 13.2. The lowest BCUT2D eigenvalue weighted by Crippen LogP contribution is -2.21. The summed E-state index contributed by atoms with van der Waals surface area (Å²) in [7, 11) is 3.00. The van der Waals surface area contributed by atoms with Gasteiger partial charge in [-0.1, -0.05) is 0 Å². The predicted molar refractivity (Wildman–Crippen MR) is 68.5 cm³/mol. The van der Waals surface area contributed by atoms with E-state index in [-0.39, 0.29) is 5.75 Å². The number of rotatable bonds is 4. The van der Waals surface area contributed by atoms with Crippen molar-refractivity contribution < 1.29 is 19.3 Å². The molecule has 1 aromatic carbocycles. The van der Waals surface area contributed by atoms with Crippen LogP contribution in [0.25, 0.3) is 0 Å². The average molecular weight is 305 g/mol. The number of benzene rings is 1. The van der Waals surface area contributed by atoms with Gasteiger partial charge >= 0.3 is 6.48 Å². The molecule has 96 valence electrons. The van der Waals surface area contributed by atoms with E-state index in [2.05, 4.69) is 15.9 Å². The van der Waals surface area contributed by atoms with E-state index in [4.69, 9.17) is 14.2 Å². The maximum atomic E-state index is 9.89. The molecule has 1 aromatic rings. The van der Waals surface area contributed by atoms with Crippen LogP contribution in [-0.4, -0.2) is 25.8 Å². The molecule has 0 aromatic heterocycles. The molecule has 0 unspecified atom stereocenters. The highest BCUT2D eigenvalue weighted by atomic mass is 79.9. The maximum Gasteiger partial charge on any atom is 0.315 e. The molecule has 5 heteroatoms. The fourth-order valence-corrected chi connectivity index (χ4v) is 2.08. The van der Waals surface area contributed by atoms with E-state index in [1.165, 1.54) is 14.2 Å². The Morgan fingerprint density at radius 1 is 1.00 bits per heavy atom. The molecular formula is C12H17BrO4. The topological polar surface area (TPSA) is 47.9 Å². The van der Waals surface area contributed by atoms with E-state index in [0.717, 1.165) is 16.7 Å². The molecule has 0 saturated carbocycles. The first kappa shape index (κ1) is 14.3. The second kappa shape index (κ2) is 5.71. The summed E-state index contributed by atoms with van der Waals surface area (Å²) in [5.41, 5.74) is 2.36. The summed E-state index contributed by atoms with van der Waals surface area (Å²) in [6.07, 6.45) is 0. The van der Waals surface area contributed by atoms with Gasteiger partial charge in [-0.05, 0) is 47.8 Å². The molecule has 0 radical (unpaired) electrons. The normalized spacial score (nSPS) is 11.0. The molecule has 1 rings (SSSR count). The number of halogens is 1. The molecular weight excluding hydrogens is 288 g/mol. The summed E-state index contributed by atoms with van der Waals surface area (Å²) in [4.78, 5) is 0. The Balaban J connectivity index is 3.24. The van der Waals surface area contributed by atoms with Gasteiger partial charge in [0.05, 0.1) is 4.47 Å². The molecule has 0 aliphatic carbocycles. The van der Waals surface area contributed by atoms with Crippen LogP contribution in [0, 0.1) is 20.8 Å². The van der Waals surface area contributed by atoms with E-state index in [1.807, 2.05) is 20.8 Å². The Morgan fingerprint density at radius 3 is 2.00 bits per heavy atom. The van der Waals surface area contributed by atoms with Gasteiger partial charge < -0.3 is 19.3 Å². The molecule has 0 heterocycles. The minimum atomic E-state index is -0.770. The van der Waals surface area contributed by atoms with Gasteiger partial charge in [-0.15, -0.1) is 0 Å². The van der Waals surface area contributed by atoms with Crippen molar-refractivity contribution >= 4 is 15.9 Å². The second-order valence-electron chi connectivity index (χ2n) is 3.74. The molecule has 0 fully saturated rings. The van der Waals surface area contributed by atoms with Gasteiger partial charge in [0, 0.05) is 19.8 Å². The predicted octanol–water partition coefficient (Wildman–Crippen LogP) is 3.04. The van der Waals surface area contributed by atoms with E-state index >= 15 is 0 Å². The quantitative estimate of drug-likeness (QED) is 0.869. The van der Waals surface area contributed by atoms with Gasteiger partial charge in [0.2, 0.25) is 0 Å².